The van der Waals surface area contributed by atoms with Gasteiger partial charge in [0.1, 0.15) is 5.82 Å². The Morgan fingerprint density at radius 3 is 2.44 bits per heavy atom. The number of carbonyl (C=O) groups is 1. The summed E-state index contributed by atoms with van der Waals surface area (Å²) in [5, 5.41) is 4.57. The average Bonchev–Trinajstić information content (AvgIpc) is 2.78. The molecule has 0 saturated carbocycles. The molecule has 0 aliphatic carbocycles. The number of anilines is 1. The zero-order chi connectivity index (χ0) is 22.9. The molecule has 0 fully saturated rings. The van der Waals surface area contributed by atoms with Crippen molar-refractivity contribution in [2.75, 3.05) is 5.73 Å². The van der Waals surface area contributed by atoms with E-state index in [0.717, 1.165) is 34.0 Å². The maximum Gasteiger partial charge on any atom is 0.416 e. The molecule has 3 aromatic carbocycles. The summed E-state index contributed by atoms with van der Waals surface area (Å²) in [4.78, 5) is 16.8. The Hall–Kier alpha value is -3.87. The summed E-state index contributed by atoms with van der Waals surface area (Å²) in [6, 6.07) is 19.1. The first kappa shape index (κ1) is 21.4. The smallest absolute Gasteiger partial charge is 0.383 e. The van der Waals surface area contributed by atoms with Crippen LogP contribution < -0.4 is 11.1 Å². The second-order valence-corrected chi connectivity index (χ2v) is 7.49. The number of fused-ring (bicyclic) bond motifs is 1. The number of benzene rings is 3. The molecule has 0 aliphatic rings. The van der Waals surface area contributed by atoms with E-state index in [1.54, 1.807) is 30.5 Å². The zero-order valence-electron chi connectivity index (χ0n) is 17.1. The van der Waals surface area contributed by atoms with Gasteiger partial charge < -0.3 is 11.1 Å². The van der Waals surface area contributed by atoms with E-state index < -0.39 is 11.7 Å². The summed E-state index contributed by atoms with van der Waals surface area (Å²) in [6.45, 7) is 1.83. The van der Waals surface area contributed by atoms with Crippen LogP contribution in [0.4, 0.5) is 19.0 Å². The first-order chi connectivity index (χ1) is 15.2. The van der Waals surface area contributed by atoms with Gasteiger partial charge in [0.15, 0.2) is 0 Å². The third-order valence-electron chi connectivity index (χ3n) is 5.35. The zero-order valence-corrected chi connectivity index (χ0v) is 17.1. The van der Waals surface area contributed by atoms with Gasteiger partial charge in [-0.25, -0.2) is 4.98 Å². The van der Waals surface area contributed by atoms with Crippen LogP contribution in [0.25, 0.3) is 21.9 Å². The van der Waals surface area contributed by atoms with E-state index in [1.165, 1.54) is 12.1 Å². The van der Waals surface area contributed by atoms with Gasteiger partial charge in [0.2, 0.25) is 0 Å². The summed E-state index contributed by atoms with van der Waals surface area (Å²) >= 11 is 0. The first-order valence-electron chi connectivity index (χ1n) is 9.96. The molecular weight excluding hydrogens is 415 g/mol. The number of amides is 1. The number of aromatic nitrogens is 1. The minimum absolute atomic E-state index is 0.261. The van der Waals surface area contributed by atoms with Gasteiger partial charge in [0.05, 0.1) is 11.6 Å². The van der Waals surface area contributed by atoms with Crippen molar-refractivity contribution in [1.29, 1.82) is 0 Å². The molecule has 1 atom stereocenters. The Kier molecular flexibility index (Phi) is 5.57. The summed E-state index contributed by atoms with van der Waals surface area (Å²) in [5.41, 5.74) is 7.86. The molecular formula is C25H20F3N3O. The van der Waals surface area contributed by atoms with Gasteiger partial charge in [0.25, 0.3) is 5.91 Å². The van der Waals surface area contributed by atoms with Gasteiger partial charge in [-0.3, -0.25) is 4.79 Å². The molecule has 3 N–H and O–H groups in total. The molecule has 0 radical (unpaired) electrons. The van der Waals surface area contributed by atoms with Gasteiger partial charge in [0, 0.05) is 17.3 Å². The maximum atomic E-state index is 12.9. The van der Waals surface area contributed by atoms with Crippen LogP contribution in [0.15, 0.2) is 79.0 Å². The number of nitrogens with zero attached hydrogens (tertiary/aromatic N) is 1. The lowest BCUT2D eigenvalue weighted by molar-refractivity contribution is -0.137. The van der Waals surface area contributed by atoms with Crippen molar-refractivity contribution < 1.29 is 18.0 Å². The highest BCUT2D eigenvalue weighted by Gasteiger charge is 2.30. The molecule has 7 heteroatoms. The van der Waals surface area contributed by atoms with Crippen LogP contribution >= 0.6 is 0 Å². The Morgan fingerprint density at radius 2 is 1.75 bits per heavy atom. The molecule has 4 rings (SSSR count). The highest BCUT2D eigenvalue weighted by Crippen LogP contribution is 2.33. The third-order valence-corrected chi connectivity index (χ3v) is 5.35. The molecule has 0 spiro atoms. The van der Waals surface area contributed by atoms with Crippen LogP contribution in [-0.2, 0) is 6.18 Å². The summed E-state index contributed by atoms with van der Waals surface area (Å²) in [6.07, 6.45) is -2.79. The highest BCUT2D eigenvalue weighted by molar-refractivity contribution is 6.02. The van der Waals surface area contributed by atoms with Gasteiger partial charge in [-0.15, -0.1) is 0 Å². The highest BCUT2D eigenvalue weighted by atomic mass is 19.4. The molecule has 1 aromatic heterocycles. The van der Waals surface area contributed by atoms with E-state index in [0.29, 0.717) is 16.9 Å². The van der Waals surface area contributed by atoms with E-state index in [4.69, 9.17) is 5.73 Å². The maximum absolute atomic E-state index is 12.9. The van der Waals surface area contributed by atoms with Crippen LogP contribution in [0.2, 0.25) is 0 Å². The number of halogens is 3. The molecule has 0 bridgehead atoms. The molecule has 162 valence electrons. The van der Waals surface area contributed by atoms with Gasteiger partial charge in [-0.1, -0.05) is 42.5 Å². The molecule has 0 aliphatic heterocycles. The Labute approximate surface area is 182 Å². The number of carbonyl (C=O) groups excluding carboxylic acids is 1. The van der Waals surface area contributed by atoms with Gasteiger partial charge in [-0.05, 0) is 59.2 Å². The largest absolute Gasteiger partial charge is 0.416 e. The number of hydrogen-bond donors (Lipinski definition) is 2. The van der Waals surface area contributed by atoms with Crippen molar-refractivity contribution in [2.45, 2.75) is 19.1 Å². The van der Waals surface area contributed by atoms with Crippen LogP contribution in [0, 0.1) is 0 Å². The SMILES string of the molecule is C[C@@H](NC(=O)c1ccc2c(-c3ccc(C(F)(F)F)cc3)cccc2c1)c1cccnc1N. The van der Waals surface area contributed by atoms with Crippen LogP contribution in [0.5, 0.6) is 0 Å². The lowest BCUT2D eigenvalue weighted by Gasteiger charge is -2.16. The fourth-order valence-corrected chi connectivity index (χ4v) is 3.67. The number of nitrogens with two attached hydrogens (primary N) is 1. The lowest BCUT2D eigenvalue weighted by atomic mass is 9.96. The number of nitrogens with one attached hydrogen (secondary N) is 1. The second kappa shape index (κ2) is 8.34. The van der Waals surface area contributed by atoms with Gasteiger partial charge in [-0.2, -0.15) is 13.2 Å². The van der Waals surface area contributed by atoms with Crippen molar-refractivity contribution in [3.63, 3.8) is 0 Å². The van der Waals surface area contributed by atoms with Crippen LogP contribution in [-0.4, -0.2) is 10.9 Å². The van der Waals surface area contributed by atoms with E-state index in [2.05, 4.69) is 10.3 Å². The van der Waals surface area contributed by atoms with Crippen LogP contribution in [0.1, 0.15) is 34.5 Å². The minimum atomic E-state index is -4.38. The normalized spacial score (nSPS) is 12.5. The first-order valence-corrected chi connectivity index (χ1v) is 9.96. The van der Waals surface area contributed by atoms with Crippen molar-refractivity contribution in [1.82, 2.24) is 10.3 Å². The van der Waals surface area contributed by atoms with Crippen molar-refractivity contribution in [3.05, 3.63) is 95.7 Å². The second-order valence-electron chi connectivity index (χ2n) is 7.49. The monoisotopic (exact) mass is 435 g/mol. The minimum Gasteiger partial charge on any atom is -0.383 e. The summed E-state index contributed by atoms with van der Waals surface area (Å²) < 4.78 is 38.6. The van der Waals surface area contributed by atoms with E-state index in [1.807, 2.05) is 31.2 Å². The Balaban J connectivity index is 1.62. The van der Waals surface area contributed by atoms with E-state index >= 15 is 0 Å². The van der Waals surface area contributed by atoms with Gasteiger partial charge >= 0.3 is 6.18 Å². The number of pyridine rings is 1. The predicted octanol–water partition coefficient (Wildman–Crippen LogP) is 5.99. The molecule has 4 aromatic rings. The Bertz CT molecular complexity index is 1280. The molecule has 0 unspecified atom stereocenters. The average molecular weight is 435 g/mol. The molecule has 4 nitrogen and oxygen atoms in total. The number of nitrogen functional groups attached to an aromatic ring is 1. The molecule has 0 saturated heterocycles. The van der Waals surface area contributed by atoms with Crippen molar-refractivity contribution in [3.8, 4) is 11.1 Å². The topological polar surface area (TPSA) is 68.0 Å². The quantitative estimate of drug-likeness (QED) is 0.414. The summed E-state index contributed by atoms with van der Waals surface area (Å²) in [7, 11) is 0. The predicted molar refractivity (Wildman–Crippen MR) is 119 cm³/mol. The fraction of sp³-hybridized carbons (Fsp3) is 0.120. The fourth-order valence-electron chi connectivity index (χ4n) is 3.67. The van der Waals surface area contributed by atoms with E-state index in [9.17, 15) is 18.0 Å². The molecule has 1 heterocycles. The molecule has 32 heavy (non-hydrogen) atoms. The third kappa shape index (κ3) is 4.27. The Morgan fingerprint density at radius 1 is 1.00 bits per heavy atom. The number of alkyl halides is 3. The standard InChI is InChI=1S/C25H20F3N3O/c1-15(20-6-3-13-30-23(20)29)31-24(32)18-9-12-22-17(14-18)4-2-5-21(22)16-7-10-19(11-8-16)25(26,27)28/h2-15H,1H3,(H2,29,30)(H,31,32)/t15-/m1/s1. The van der Waals surface area contributed by atoms with Crippen LogP contribution in [0.3, 0.4) is 0 Å². The summed E-state index contributed by atoms with van der Waals surface area (Å²) in [5.74, 6) is 0.0996. The lowest BCUT2D eigenvalue weighted by Crippen LogP contribution is -2.27. The molecule has 1 amide bonds. The van der Waals surface area contributed by atoms with Crippen molar-refractivity contribution >= 4 is 22.5 Å². The number of rotatable bonds is 4. The number of hydrogen-bond acceptors (Lipinski definition) is 3. The van der Waals surface area contributed by atoms with E-state index in [-0.39, 0.29) is 11.9 Å². The van der Waals surface area contributed by atoms with Crippen molar-refractivity contribution in [2.24, 2.45) is 0 Å².